The molecule has 2 aromatic carbocycles. The second-order valence-electron chi connectivity index (χ2n) is 6.70. The van der Waals surface area contributed by atoms with Crippen LogP contribution < -0.4 is 15.8 Å². The predicted molar refractivity (Wildman–Crippen MR) is 114 cm³/mol. The number of Topliss-reactive ketones (excluding diaryl/α,β-unsaturated/α-hetero) is 1. The number of ether oxygens (including phenoxy) is 1. The number of aromatic nitrogens is 1. The van der Waals surface area contributed by atoms with Gasteiger partial charge in [0.25, 0.3) is 21.5 Å². The number of hydrogen-bond donors (Lipinski definition) is 3. The highest BCUT2D eigenvalue weighted by Crippen LogP contribution is 2.32. The molecule has 0 fully saturated rings. The molecule has 0 saturated carbocycles. The van der Waals surface area contributed by atoms with Crippen molar-refractivity contribution in [2.75, 3.05) is 5.94 Å². The van der Waals surface area contributed by atoms with E-state index in [0.717, 1.165) is 5.56 Å². The highest BCUT2D eigenvalue weighted by Gasteiger charge is 2.27. The van der Waals surface area contributed by atoms with Crippen LogP contribution in [-0.4, -0.2) is 36.3 Å². The summed E-state index contributed by atoms with van der Waals surface area (Å²) in [6.07, 6.45) is 0.417. The van der Waals surface area contributed by atoms with Crippen molar-refractivity contribution in [2.24, 2.45) is 5.73 Å². The molecule has 0 spiro atoms. The van der Waals surface area contributed by atoms with Crippen LogP contribution in [0.2, 0.25) is 0 Å². The lowest BCUT2D eigenvalue weighted by atomic mass is 10.0. The largest absolute Gasteiger partial charge is 0.476 e. The number of sulfone groups is 1. The molecule has 162 valence electrons. The Labute approximate surface area is 178 Å². The molecule has 3 aromatic rings. The Morgan fingerprint density at radius 2 is 1.77 bits per heavy atom. The first-order chi connectivity index (χ1) is 14.7. The van der Waals surface area contributed by atoms with Crippen LogP contribution in [0.15, 0.2) is 48.5 Å². The molecule has 0 aliphatic carbocycles. The molecule has 0 unspecified atom stereocenters. The van der Waals surface area contributed by atoms with Gasteiger partial charge in [0.1, 0.15) is 5.75 Å². The van der Waals surface area contributed by atoms with Crippen molar-refractivity contribution in [3.05, 3.63) is 65.4 Å². The maximum absolute atomic E-state index is 13.0. The zero-order valence-electron chi connectivity index (χ0n) is 16.7. The van der Waals surface area contributed by atoms with Gasteiger partial charge >= 0.3 is 5.24 Å². The summed E-state index contributed by atoms with van der Waals surface area (Å²) in [5.41, 5.74) is 6.77. The van der Waals surface area contributed by atoms with Crippen molar-refractivity contribution in [1.29, 1.82) is 0 Å². The van der Waals surface area contributed by atoms with E-state index >= 15 is 0 Å². The van der Waals surface area contributed by atoms with Gasteiger partial charge in [-0.3, -0.25) is 14.4 Å². The maximum atomic E-state index is 13.0. The second-order valence-corrected chi connectivity index (χ2v) is 8.57. The number of fused-ring (bicyclic) bond motifs is 1. The first kappa shape index (κ1) is 22.0. The molecule has 1 heterocycles. The first-order valence-electron chi connectivity index (χ1n) is 9.39. The fourth-order valence-corrected chi connectivity index (χ4v) is 3.47. The van der Waals surface area contributed by atoms with Gasteiger partial charge in [0.2, 0.25) is 0 Å². The monoisotopic (exact) mass is 443 g/mol. The minimum atomic E-state index is -4.31. The molecular formula is C21H21N3O6S. The third-order valence-corrected chi connectivity index (χ3v) is 5.66. The van der Waals surface area contributed by atoms with Crippen LogP contribution in [0.3, 0.4) is 0 Å². The number of amides is 2. The van der Waals surface area contributed by atoms with E-state index in [1.165, 1.54) is 6.07 Å². The lowest BCUT2D eigenvalue weighted by Crippen LogP contribution is -2.31. The summed E-state index contributed by atoms with van der Waals surface area (Å²) >= 11 is 0. The quantitative estimate of drug-likeness (QED) is 0.358. The van der Waals surface area contributed by atoms with Crippen LogP contribution in [0.25, 0.3) is 10.9 Å². The van der Waals surface area contributed by atoms with E-state index in [1.54, 1.807) is 19.1 Å². The number of ketones is 1. The number of hydrogen-bond acceptors (Lipinski definition) is 6. The fraction of sp³-hybridized carbons (Fsp3) is 0.190. The molecule has 0 bridgehead atoms. The normalized spacial score (nSPS) is 11.3. The number of primary amides is 1. The molecule has 2 amide bonds. The Hall–Kier alpha value is -3.66. The summed E-state index contributed by atoms with van der Waals surface area (Å²) in [6.45, 7) is 1.98. The number of rotatable bonds is 8. The van der Waals surface area contributed by atoms with Crippen molar-refractivity contribution in [3.63, 3.8) is 0 Å². The molecule has 10 heteroatoms. The van der Waals surface area contributed by atoms with Gasteiger partial charge in [-0.05, 0) is 24.1 Å². The van der Waals surface area contributed by atoms with Crippen molar-refractivity contribution in [2.45, 2.75) is 19.9 Å². The van der Waals surface area contributed by atoms with E-state index in [4.69, 9.17) is 10.5 Å². The van der Waals surface area contributed by atoms with E-state index in [2.05, 4.69) is 10.3 Å². The Kier molecular flexibility index (Phi) is 6.40. The van der Waals surface area contributed by atoms with Crippen molar-refractivity contribution >= 4 is 37.7 Å². The lowest BCUT2D eigenvalue weighted by Gasteiger charge is -2.09. The zero-order chi connectivity index (χ0) is 22.6. The SMILES string of the molecule is CCc1[nH]c2cccc(OCS(=O)(=O)C(N)=O)c2c1C(=O)C(=O)NCc1ccccc1. The topological polar surface area (TPSA) is 148 Å². The number of carbonyl (C=O) groups excluding carboxylic acids is 3. The average molecular weight is 443 g/mol. The molecule has 0 radical (unpaired) electrons. The molecule has 0 aliphatic rings. The van der Waals surface area contributed by atoms with Gasteiger partial charge in [-0.15, -0.1) is 0 Å². The van der Waals surface area contributed by atoms with Crippen molar-refractivity contribution in [3.8, 4) is 5.75 Å². The Bertz CT molecular complexity index is 1250. The number of benzene rings is 2. The minimum absolute atomic E-state index is 0.0393. The van der Waals surface area contributed by atoms with Gasteiger partial charge < -0.3 is 20.8 Å². The van der Waals surface area contributed by atoms with Gasteiger partial charge in [-0.2, -0.15) is 0 Å². The van der Waals surface area contributed by atoms with E-state index in [0.29, 0.717) is 17.6 Å². The molecule has 31 heavy (non-hydrogen) atoms. The Morgan fingerprint density at radius 3 is 2.42 bits per heavy atom. The van der Waals surface area contributed by atoms with Crippen LogP contribution in [-0.2, 0) is 27.6 Å². The highest BCUT2D eigenvalue weighted by atomic mass is 32.2. The Morgan fingerprint density at radius 1 is 1.06 bits per heavy atom. The van der Waals surface area contributed by atoms with Crippen molar-refractivity contribution in [1.82, 2.24) is 10.3 Å². The molecule has 9 nitrogen and oxygen atoms in total. The van der Waals surface area contributed by atoms with Crippen LogP contribution in [0, 0.1) is 0 Å². The molecule has 1 aromatic heterocycles. The zero-order valence-corrected chi connectivity index (χ0v) is 17.5. The first-order valence-corrected chi connectivity index (χ1v) is 11.0. The summed E-state index contributed by atoms with van der Waals surface area (Å²) in [4.78, 5) is 39.7. The summed E-state index contributed by atoms with van der Waals surface area (Å²) < 4.78 is 28.7. The van der Waals surface area contributed by atoms with E-state index < -0.39 is 32.7 Å². The number of aryl methyl sites for hydroxylation is 1. The van der Waals surface area contributed by atoms with Gasteiger partial charge in [0, 0.05) is 12.2 Å². The van der Waals surface area contributed by atoms with Gasteiger partial charge in [-0.25, -0.2) is 8.42 Å². The average Bonchev–Trinajstić information content (AvgIpc) is 3.15. The lowest BCUT2D eigenvalue weighted by molar-refractivity contribution is -0.117. The molecule has 0 aliphatic heterocycles. The Balaban J connectivity index is 1.93. The smallest absolute Gasteiger partial charge is 0.337 e. The highest BCUT2D eigenvalue weighted by molar-refractivity contribution is 8.05. The van der Waals surface area contributed by atoms with Gasteiger partial charge in [-0.1, -0.05) is 43.3 Å². The molecule has 4 N–H and O–H groups in total. The molecule has 0 atom stereocenters. The van der Waals surface area contributed by atoms with Crippen LogP contribution in [0.5, 0.6) is 5.75 Å². The number of carbonyl (C=O) groups is 3. The third-order valence-electron chi connectivity index (χ3n) is 4.62. The van der Waals surface area contributed by atoms with Gasteiger partial charge in [0.15, 0.2) is 5.94 Å². The number of H-pyrrole nitrogens is 1. The summed E-state index contributed by atoms with van der Waals surface area (Å²) in [6, 6.07) is 13.8. The number of aromatic amines is 1. The summed E-state index contributed by atoms with van der Waals surface area (Å²) in [5.74, 6) is -2.54. The van der Waals surface area contributed by atoms with E-state index in [1.807, 2.05) is 30.3 Å². The minimum Gasteiger partial charge on any atom is -0.476 e. The number of nitrogens with two attached hydrogens (primary N) is 1. The van der Waals surface area contributed by atoms with Crippen LogP contribution >= 0.6 is 0 Å². The molecule has 0 saturated heterocycles. The molecule has 3 rings (SSSR count). The van der Waals surface area contributed by atoms with Crippen LogP contribution in [0.1, 0.15) is 28.5 Å². The third kappa shape index (κ3) is 4.75. The summed E-state index contributed by atoms with van der Waals surface area (Å²) in [7, 11) is -4.31. The second kappa shape index (κ2) is 9.00. The standard InChI is InChI=1S/C21H21N3O6S/c1-2-14-18(19(25)20(26)23-11-13-7-4-3-5-8-13)17-15(24-14)9-6-10-16(17)30-12-31(28,29)21(22)27/h3-10,24H,2,11-12H2,1H3,(H2,22,27)(H,23,26). The van der Waals surface area contributed by atoms with Crippen LogP contribution in [0.4, 0.5) is 4.79 Å². The van der Waals surface area contributed by atoms with Crippen molar-refractivity contribution < 1.29 is 27.5 Å². The molecular weight excluding hydrogens is 422 g/mol. The number of nitrogens with one attached hydrogen (secondary N) is 2. The fourth-order valence-electron chi connectivity index (χ4n) is 3.08. The predicted octanol–water partition coefficient (Wildman–Crippen LogP) is 2.06. The summed E-state index contributed by atoms with van der Waals surface area (Å²) in [5, 5.41) is 1.34. The van der Waals surface area contributed by atoms with Gasteiger partial charge in [0.05, 0.1) is 16.5 Å². The van der Waals surface area contributed by atoms with E-state index in [-0.39, 0.29) is 23.2 Å². The maximum Gasteiger partial charge on any atom is 0.337 e. The van der Waals surface area contributed by atoms with E-state index in [9.17, 15) is 22.8 Å².